The van der Waals surface area contributed by atoms with Crippen LogP contribution in [0, 0.1) is 5.82 Å². The number of benzene rings is 1. The van der Waals surface area contributed by atoms with Crippen LogP contribution >= 0.6 is 11.3 Å². The second kappa shape index (κ2) is 9.72. The van der Waals surface area contributed by atoms with E-state index in [4.69, 9.17) is 0 Å². The predicted molar refractivity (Wildman–Crippen MR) is 109 cm³/mol. The minimum absolute atomic E-state index is 0.277. The van der Waals surface area contributed by atoms with E-state index >= 15 is 0 Å². The predicted octanol–water partition coefficient (Wildman–Crippen LogP) is 3.90. The highest BCUT2D eigenvalue weighted by atomic mass is 32.2. The van der Waals surface area contributed by atoms with Crippen LogP contribution in [0.25, 0.3) is 11.3 Å². The Morgan fingerprint density at radius 1 is 1.04 bits per heavy atom. The van der Waals surface area contributed by atoms with Gasteiger partial charge in [-0.05, 0) is 37.1 Å². The zero-order valence-corrected chi connectivity index (χ0v) is 16.8. The Balaban J connectivity index is 1.35. The summed E-state index contributed by atoms with van der Waals surface area (Å²) in [5, 5.41) is 6.10. The lowest BCUT2D eigenvalue weighted by molar-refractivity contribution is 0.553. The molecule has 9 heteroatoms. The minimum Gasteiger partial charge on any atom is -0.362 e. The summed E-state index contributed by atoms with van der Waals surface area (Å²) < 4.78 is 40.2. The van der Waals surface area contributed by atoms with E-state index in [-0.39, 0.29) is 11.4 Å². The largest absolute Gasteiger partial charge is 0.362 e. The first kappa shape index (κ1) is 20.4. The molecule has 0 aliphatic heterocycles. The smallest absolute Gasteiger partial charge is 0.243 e. The molecular weight excluding hydrogens is 399 g/mol. The third kappa shape index (κ3) is 5.57. The molecule has 3 rings (SSSR count). The number of nitrogens with one attached hydrogen (secondary N) is 2. The molecule has 0 radical (unpaired) electrons. The fourth-order valence-electron chi connectivity index (χ4n) is 2.57. The number of rotatable bonds is 10. The molecule has 3 aromatic rings. The monoisotopic (exact) mass is 420 g/mol. The highest BCUT2D eigenvalue weighted by Gasteiger charge is 2.17. The van der Waals surface area contributed by atoms with Crippen molar-refractivity contribution in [3.63, 3.8) is 0 Å². The lowest BCUT2D eigenvalue weighted by Crippen LogP contribution is -2.25. The number of halogens is 1. The average Bonchev–Trinajstić information content (AvgIpc) is 3.17. The molecule has 2 heterocycles. The lowest BCUT2D eigenvalue weighted by atomic mass is 10.2. The molecule has 0 amide bonds. The van der Waals surface area contributed by atoms with Crippen LogP contribution in [0.4, 0.5) is 9.52 Å². The van der Waals surface area contributed by atoms with Crippen molar-refractivity contribution in [2.24, 2.45) is 0 Å². The summed E-state index contributed by atoms with van der Waals surface area (Å²) in [4.78, 5) is 8.30. The standard InChI is InChI=1S/C19H21FN4O2S2/c20-16-8-2-3-9-18(16)28(25,26)23-12-5-1-4-11-22-19-24-17(14-27-19)15-7-6-10-21-13-15/h2-3,6-10,13-14,23H,1,4-5,11-12H2,(H,22,24). The molecule has 148 valence electrons. The Labute approximate surface area is 167 Å². The molecule has 1 aromatic carbocycles. The molecule has 0 aliphatic rings. The van der Waals surface area contributed by atoms with Crippen LogP contribution < -0.4 is 10.0 Å². The van der Waals surface area contributed by atoms with Gasteiger partial charge >= 0.3 is 0 Å². The van der Waals surface area contributed by atoms with Crippen molar-refractivity contribution in [2.75, 3.05) is 18.4 Å². The zero-order chi connectivity index (χ0) is 19.8. The van der Waals surface area contributed by atoms with Crippen molar-refractivity contribution in [3.05, 3.63) is 60.0 Å². The fraction of sp³-hybridized carbons (Fsp3) is 0.263. The number of aromatic nitrogens is 2. The van der Waals surface area contributed by atoms with Gasteiger partial charge in [0, 0.05) is 36.4 Å². The van der Waals surface area contributed by atoms with Gasteiger partial charge in [-0.1, -0.05) is 18.6 Å². The number of unbranched alkanes of at least 4 members (excludes halogenated alkanes) is 2. The second-order valence-electron chi connectivity index (χ2n) is 6.10. The number of hydrogen-bond acceptors (Lipinski definition) is 6. The summed E-state index contributed by atoms with van der Waals surface area (Å²) in [6.07, 6.45) is 5.90. The average molecular weight is 421 g/mol. The molecule has 0 atom stereocenters. The van der Waals surface area contributed by atoms with Gasteiger partial charge in [-0.25, -0.2) is 22.5 Å². The first-order valence-corrected chi connectivity index (χ1v) is 11.3. The second-order valence-corrected chi connectivity index (χ2v) is 8.69. The van der Waals surface area contributed by atoms with Crippen LogP contribution in [-0.4, -0.2) is 31.5 Å². The summed E-state index contributed by atoms with van der Waals surface area (Å²) in [7, 11) is -3.80. The third-order valence-electron chi connectivity index (χ3n) is 4.01. The van der Waals surface area contributed by atoms with Crippen LogP contribution in [0.5, 0.6) is 0 Å². The van der Waals surface area contributed by atoms with E-state index in [1.54, 1.807) is 12.4 Å². The maximum Gasteiger partial charge on any atom is 0.243 e. The third-order valence-corrected chi connectivity index (χ3v) is 6.30. The van der Waals surface area contributed by atoms with Gasteiger partial charge in [0.1, 0.15) is 10.7 Å². The van der Waals surface area contributed by atoms with Crippen LogP contribution in [0.2, 0.25) is 0 Å². The lowest BCUT2D eigenvalue weighted by Gasteiger charge is -2.07. The number of hydrogen-bond donors (Lipinski definition) is 2. The van der Waals surface area contributed by atoms with Crippen LogP contribution in [-0.2, 0) is 10.0 Å². The van der Waals surface area contributed by atoms with E-state index in [0.717, 1.165) is 41.8 Å². The first-order valence-electron chi connectivity index (χ1n) is 8.90. The Kier molecular flexibility index (Phi) is 7.07. The molecule has 2 N–H and O–H groups in total. The van der Waals surface area contributed by atoms with Gasteiger partial charge in [0.2, 0.25) is 10.0 Å². The molecule has 0 saturated carbocycles. The van der Waals surface area contributed by atoms with Gasteiger partial charge in [0.15, 0.2) is 5.13 Å². The highest BCUT2D eigenvalue weighted by Crippen LogP contribution is 2.24. The maximum absolute atomic E-state index is 13.6. The number of thiazole rings is 1. The Hall–Kier alpha value is -2.36. The van der Waals surface area contributed by atoms with E-state index in [1.165, 1.54) is 29.5 Å². The summed E-state index contributed by atoms with van der Waals surface area (Å²) in [6, 6.07) is 9.20. The molecule has 0 aliphatic carbocycles. The van der Waals surface area contributed by atoms with Gasteiger partial charge in [-0.15, -0.1) is 11.3 Å². The summed E-state index contributed by atoms with van der Waals surface area (Å²) in [5.41, 5.74) is 1.87. The van der Waals surface area contributed by atoms with Gasteiger partial charge in [-0.3, -0.25) is 4.98 Å². The van der Waals surface area contributed by atoms with Crippen molar-refractivity contribution < 1.29 is 12.8 Å². The topological polar surface area (TPSA) is 84.0 Å². The molecule has 0 spiro atoms. The SMILES string of the molecule is O=S(=O)(NCCCCCNc1nc(-c2cccnc2)cs1)c1ccccc1F. The van der Waals surface area contributed by atoms with E-state index in [1.807, 2.05) is 17.5 Å². The Morgan fingerprint density at radius 2 is 1.86 bits per heavy atom. The molecule has 0 saturated heterocycles. The first-order chi connectivity index (χ1) is 13.6. The number of sulfonamides is 1. The van der Waals surface area contributed by atoms with Crippen LogP contribution in [0.15, 0.2) is 59.1 Å². The number of pyridine rings is 1. The Bertz CT molecular complexity index is 994. The van der Waals surface area contributed by atoms with Gasteiger partial charge in [0.05, 0.1) is 5.69 Å². The number of anilines is 1. The molecule has 0 bridgehead atoms. The summed E-state index contributed by atoms with van der Waals surface area (Å²) in [5.74, 6) is -0.742. The minimum atomic E-state index is -3.80. The van der Waals surface area contributed by atoms with Crippen molar-refractivity contribution in [3.8, 4) is 11.3 Å². The fourth-order valence-corrected chi connectivity index (χ4v) is 4.47. The summed E-state index contributed by atoms with van der Waals surface area (Å²) in [6.45, 7) is 1.03. The van der Waals surface area contributed by atoms with Crippen molar-refractivity contribution in [1.29, 1.82) is 0 Å². The maximum atomic E-state index is 13.6. The van der Waals surface area contributed by atoms with Crippen LogP contribution in [0.1, 0.15) is 19.3 Å². The molecule has 6 nitrogen and oxygen atoms in total. The van der Waals surface area contributed by atoms with E-state index in [0.29, 0.717) is 6.42 Å². The van der Waals surface area contributed by atoms with Gasteiger partial charge < -0.3 is 5.32 Å². The molecule has 28 heavy (non-hydrogen) atoms. The van der Waals surface area contributed by atoms with E-state index in [2.05, 4.69) is 20.0 Å². The number of nitrogens with zero attached hydrogens (tertiary/aromatic N) is 2. The van der Waals surface area contributed by atoms with Crippen molar-refractivity contribution in [2.45, 2.75) is 24.2 Å². The Morgan fingerprint density at radius 3 is 2.64 bits per heavy atom. The van der Waals surface area contributed by atoms with E-state index < -0.39 is 15.8 Å². The van der Waals surface area contributed by atoms with Crippen LogP contribution in [0.3, 0.4) is 0 Å². The van der Waals surface area contributed by atoms with Crippen molar-refractivity contribution in [1.82, 2.24) is 14.7 Å². The van der Waals surface area contributed by atoms with Gasteiger partial charge in [0.25, 0.3) is 0 Å². The van der Waals surface area contributed by atoms with E-state index in [9.17, 15) is 12.8 Å². The molecule has 2 aromatic heterocycles. The molecule has 0 fully saturated rings. The zero-order valence-electron chi connectivity index (χ0n) is 15.1. The molecular formula is C19H21FN4O2S2. The summed E-state index contributed by atoms with van der Waals surface area (Å²) >= 11 is 1.54. The van der Waals surface area contributed by atoms with Crippen molar-refractivity contribution >= 4 is 26.5 Å². The normalized spacial score (nSPS) is 11.5. The van der Waals surface area contributed by atoms with Gasteiger partial charge in [-0.2, -0.15) is 0 Å². The molecule has 0 unspecified atom stereocenters. The quantitative estimate of drug-likeness (QED) is 0.486. The highest BCUT2D eigenvalue weighted by molar-refractivity contribution is 7.89.